The van der Waals surface area contributed by atoms with E-state index in [1.807, 2.05) is 43.1 Å². The second kappa shape index (κ2) is 11.8. The Hall–Kier alpha value is -2.96. The smallest absolute Gasteiger partial charge is 0.227 e. The number of carbonyl (C=O) groups is 1. The number of nitrogens with zero attached hydrogens (tertiary/aromatic N) is 6. The maximum atomic E-state index is 11.9. The fourth-order valence-electron chi connectivity index (χ4n) is 3.68. The molecular weight excluding hydrogens is 533 g/mol. The Morgan fingerprint density at radius 1 is 1.15 bits per heavy atom. The number of amides is 1. The van der Waals surface area contributed by atoms with Crippen LogP contribution in [0.1, 0.15) is 25.3 Å². The third-order valence-electron chi connectivity index (χ3n) is 5.32. The molecule has 33 heavy (non-hydrogen) atoms. The third kappa shape index (κ3) is 6.09. The number of rotatable bonds is 8. The molecule has 0 bridgehead atoms. The van der Waals surface area contributed by atoms with E-state index in [1.165, 1.54) is 6.33 Å². The van der Waals surface area contributed by atoms with Crippen molar-refractivity contribution in [3.8, 4) is 0 Å². The predicted molar refractivity (Wildman–Crippen MR) is 141 cm³/mol. The quantitative estimate of drug-likeness (QED) is 0.167. The van der Waals surface area contributed by atoms with Crippen molar-refractivity contribution < 1.29 is 4.79 Å². The highest BCUT2D eigenvalue weighted by Crippen LogP contribution is 2.21. The van der Waals surface area contributed by atoms with Gasteiger partial charge in [0, 0.05) is 45.3 Å². The van der Waals surface area contributed by atoms with Gasteiger partial charge in [-0.2, -0.15) is 5.10 Å². The first-order valence-electron chi connectivity index (χ1n) is 10.9. The lowest BCUT2D eigenvalue weighted by Gasteiger charge is -2.16. The maximum Gasteiger partial charge on any atom is 0.227 e. The summed E-state index contributed by atoms with van der Waals surface area (Å²) in [5.74, 6) is 1.72. The molecule has 1 saturated heterocycles. The lowest BCUT2D eigenvalue weighted by molar-refractivity contribution is -0.117. The van der Waals surface area contributed by atoms with Crippen molar-refractivity contribution in [3.63, 3.8) is 0 Å². The summed E-state index contributed by atoms with van der Waals surface area (Å²) in [6.07, 6.45) is 4.88. The van der Waals surface area contributed by atoms with E-state index in [2.05, 4.69) is 36.0 Å². The summed E-state index contributed by atoms with van der Waals surface area (Å²) in [6.45, 7) is 5.52. The SMILES string of the molecule is CCNC(=NCc1ccc(N2CCCC2=O)cc1)NCCNc1ncnc2c1cnn2C.I. The molecule has 1 fully saturated rings. The number of aliphatic imine (C=N–C) groups is 1. The number of carbonyl (C=O) groups excluding carboxylic acids is 1. The normalized spacial score (nSPS) is 13.8. The van der Waals surface area contributed by atoms with E-state index in [0.29, 0.717) is 26.1 Å². The Bertz CT molecular complexity index is 1100. The van der Waals surface area contributed by atoms with Crippen molar-refractivity contribution >= 4 is 58.4 Å². The third-order valence-corrected chi connectivity index (χ3v) is 5.32. The molecule has 176 valence electrons. The summed E-state index contributed by atoms with van der Waals surface area (Å²) in [7, 11) is 1.86. The van der Waals surface area contributed by atoms with Crippen LogP contribution in [-0.4, -0.2) is 57.8 Å². The first-order chi connectivity index (χ1) is 15.7. The van der Waals surface area contributed by atoms with Crippen LogP contribution in [0, 0.1) is 0 Å². The van der Waals surface area contributed by atoms with Gasteiger partial charge in [0.25, 0.3) is 0 Å². The average molecular weight is 563 g/mol. The minimum Gasteiger partial charge on any atom is -0.368 e. The van der Waals surface area contributed by atoms with Crippen molar-refractivity contribution in [1.82, 2.24) is 30.4 Å². The van der Waals surface area contributed by atoms with Gasteiger partial charge in [0.15, 0.2) is 11.6 Å². The van der Waals surface area contributed by atoms with Gasteiger partial charge >= 0.3 is 0 Å². The van der Waals surface area contributed by atoms with Crippen LogP contribution in [0.25, 0.3) is 11.0 Å². The van der Waals surface area contributed by atoms with Gasteiger partial charge in [0.1, 0.15) is 12.1 Å². The number of halogens is 1. The average Bonchev–Trinajstić information content (AvgIpc) is 3.41. The zero-order chi connectivity index (χ0) is 22.3. The molecule has 3 aromatic rings. The number of anilines is 2. The molecule has 0 aliphatic carbocycles. The molecule has 1 aromatic carbocycles. The lowest BCUT2D eigenvalue weighted by atomic mass is 10.2. The molecule has 10 nitrogen and oxygen atoms in total. The summed E-state index contributed by atoms with van der Waals surface area (Å²) in [6, 6.07) is 8.06. The topological polar surface area (TPSA) is 112 Å². The molecule has 1 aliphatic rings. The van der Waals surface area contributed by atoms with Gasteiger partial charge in [-0.05, 0) is 31.0 Å². The largest absolute Gasteiger partial charge is 0.368 e. The Labute approximate surface area is 210 Å². The van der Waals surface area contributed by atoms with Crippen LogP contribution in [-0.2, 0) is 18.4 Å². The maximum absolute atomic E-state index is 11.9. The first kappa shape index (κ1) is 24.7. The van der Waals surface area contributed by atoms with Crippen LogP contribution in [0.2, 0.25) is 0 Å². The van der Waals surface area contributed by atoms with Crippen molar-refractivity contribution in [2.45, 2.75) is 26.3 Å². The standard InChI is InChI=1S/C22H29N9O.HI/c1-3-23-22(25-11-10-24-20-18-14-29-30(2)21(18)28-15-27-20)26-13-16-6-8-17(9-7-16)31-12-4-5-19(31)32;/h6-9,14-15H,3-5,10-13H2,1-2H3,(H2,23,25,26)(H,24,27,28);1H. The number of hydrogen-bond donors (Lipinski definition) is 3. The predicted octanol–water partition coefficient (Wildman–Crippen LogP) is 2.28. The van der Waals surface area contributed by atoms with E-state index in [-0.39, 0.29) is 29.9 Å². The summed E-state index contributed by atoms with van der Waals surface area (Å²) in [5.41, 5.74) is 2.85. The van der Waals surface area contributed by atoms with E-state index in [1.54, 1.807) is 10.9 Å². The number of nitrogens with one attached hydrogen (secondary N) is 3. The van der Waals surface area contributed by atoms with Gasteiger partial charge in [-0.1, -0.05) is 12.1 Å². The highest BCUT2D eigenvalue weighted by Gasteiger charge is 2.21. The second-order valence-corrected chi connectivity index (χ2v) is 7.59. The molecule has 0 atom stereocenters. The molecule has 1 aliphatic heterocycles. The Morgan fingerprint density at radius 3 is 2.70 bits per heavy atom. The molecule has 3 N–H and O–H groups in total. The van der Waals surface area contributed by atoms with Gasteiger partial charge in [-0.25, -0.2) is 15.0 Å². The van der Waals surface area contributed by atoms with Crippen LogP contribution in [0.3, 0.4) is 0 Å². The van der Waals surface area contributed by atoms with Gasteiger partial charge in [-0.3, -0.25) is 9.48 Å². The Balaban J connectivity index is 0.00000306. The number of fused-ring (bicyclic) bond motifs is 1. The number of hydrogen-bond acceptors (Lipinski definition) is 6. The highest BCUT2D eigenvalue weighted by molar-refractivity contribution is 14.0. The van der Waals surface area contributed by atoms with Gasteiger partial charge in [0.2, 0.25) is 5.91 Å². The van der Waals surface area contributed by atoms with Crippen LogP contribution < -0.4 is 20.9 Å². The minimum atomic E-state index is 0. The van der Waals surface area contributed by atoms with Crippen molar-refractivity contribution in [2.24, 2.45) is 12.0 Å². The molecule has 4 rings (SSSR count). The Morgan fingerprint density at radius 2 is 1.97 bits per heavy atom. The van der Waals surface area contributed by atoms with E-state index in [0.717, 1.165) is 53.6 Å². The van der Waals surface area contributed by atoms with Crippen molar-refractivity contribution in [1.29, 1.82) is 0 Å². The van der Waals surface area contributed by atoms with Crippen LogP contribution in [0.4, 0.5) is 11.5 Å². The van der Waals surface area contributed by atoms with Gasteiger partial charge < -0.3 is 20.9 Å². The molecule has 0 spiro atoms. The van der Waals surface area contributed by atoms with E-state index in [4.69, 9.17) is 0 Å². The molecule has 0 radical (unpaired) electrons. The lowest BCUT2D eigenvalue weighted by Crippen LogP contribution is -2.39. The molecule has 2 aromatic heterocycles. The molecule has 11 heteroatoms. The minimum absolute atomic E-state index is 0. The van der Waals surface area contributed by atoms with Crippen LogP contribution in [0.5, 0.6) is 0 Å². The van der Waals surface area contributed by atoms with E-state index < -0.39 is 0 Å². The monoisotopic (exact) mass is 563 g/mol. The van der Waals surface area contributed by atoms with E-state index in [9.17, 15) is 4.79 Å². The molecule has 0 saturated carbocycles. The summed E-state index contributed by atoms with van der Waals surface area (Å²) < 4.78 is 1.73. The van der Waals surface area contributed by atoms with E-state index >= 15 is 0 Å². The summed E-state index contributed by atoms with van der Waals surface area (Å²) in [4.78, 5) is 27.0. The number of guanidine groups is 1. The number of benzene rings is 1. The highest BCUT2D eigenvalue weighted by atomic mass is 127. The molecular formula is C22H30IN9O. The zero-order valence-electron chi connectivity index (χ0n) is 18.9. The second-order valence-electron chi connectivity index (χ2n) is 7.59. The number of aromatic nitrogens is 4. The summed E-state index contributed by atoms with van der Waals surface area (Å²) in [5, 5.41) is 15.1. The Kier molecular flexibility index (Phi) is 8.80. The molecule has 3 heterocycles. The molecule has 0 unspecified atom stereocenters. The van der Waals surface area contributed by atoms with Gasteiger partial charge in [-0.15, -0.1) is 24.0 Å². The van der Waals surface area contributed by atoms with Gasteiger partial charge in [0.05, 0.1) is 18.1 Å². The van der Waals surface area contributed by atoms with Crippen molar-refractivity contribution in [2.75, 3.05) is 36.4 Å². The molecule has 1 amide bonds. The first-order valence-corrected chi connectivity index (χ1v) is 10.9. The van der Waals surface area contributed by atoms with Crippen LogP contribution >= 0.6 is 24.0 Å². The zero-order valence-corrected chi connectivity index (χ0v) is 21.2. The summed E-state index contributed by atoms with van der Waals surface area (Å²) >= 11 is 0. The van der Waals surface area contributed by atoms with Crippen molar-refractivity contribution in [3.05, 3.63) is 42.4 Å². The van der Waals surface area contributed by atoms with Crippen LogP contribution in [0.15, 0.2) is 41.8 Å². The fraction of sp³-hybridized carbons (Fsp3) is 0.409. The fourth-order valence-corrected chi connectivity index (χ4v) is 3.68. The number of aryl methyl sites for hydroxylation is 1.